The molecule has 34 heavy (non-hydrogen) atoms. The van der Waals surface area contributed by atoms with E-state index in [9.17, 15) is 27.6 Å². The van der Waals surface area contributed by atoms with Crippen LogP contribution in [-0.2, 0) is 15.7 Å². The van der Waals surface area contributed by atoms with Crippen molar-refractivity contribution < 1.29 is 27.5 Å². The first-order valence-electron chi connectivity index (χ1n) is 10.5. The van der Waals surface area contributed by atoms with Crippen LogP contribution in [0.2, 0.25) is 0 Å². The number of carbonyl (C=O) groups is 2. The monoisotopic (exact) mass is 473 g/mol. The molecule has 1 aliphatic heterocycles. The number of nitrogens with two attached hydrogens (primary N) is 1. The van der Waals surface area contributed by atoms with Crippen molar-refractivity contribution in [2.75, 3.05) is 18.6 Å². The van der Waals surface area contributed by atoms with E-state index in [0.29, 0.717) is 19.4 Å². The molecule has 178 valence electrons. The topological polar surface area (TPSA) is 94.6 Å². The number of hydrogen-bond donors (Lipinski definition) is 1. The quantitative estimate of drug-likeness (QED) is 0.584. The summed E-state index contributed by atoms with van der Waals surface area (Å²) in [5.74, 6) is -1.57. The summed E-state index contributed by atoms with van der Waals surface area (Å²) in [4.78, 5) is 38.5. The van der Waals surface area contributed by atoms with E-state index in [1.807, 2.05) is 0 Å². The lowest BCUT2D eigenvalue weighted by molar-refractivity contribution is -0.146. The number of alkyl halides is 3. The molecule has 0 radical (unpaired) electrons. The fourth-order valence-electron chi connectivity index (χ4n) is 4.59. The zero-order valence-corrected chi connectivity index (χ0v) is 18.5. The van der Waals surface area contributed by atoms with Crippen LogP contribution in [0.4, 0.5) is 18.9 Å². The molecule has 0 saturated carbocycles. The van der Waals surface area contributed by atoms with Gasteiger partial charge in [-0.05, 0) is 50.1 Å². The Balaban J connectivity index is 1.98. The number of esters is 1. The van der Waals surface area contributed by atoms with Crippen LogP contribution in [0, 0.1) is 0 Å². The van der Waals surface area contributed by atoms with Gasteiger partial charge in [0.05, 0.1) is 23.9 Å². The molecular formula is C24H22F3N3O4. The second-order valence-corrected chi connectivity index (χ2v) is 8.34. The van der Waals surface area contributed by atoms with Gasteiger partial charge in [-0.3, -0.25) is 9.59 Å². The number of primary amides is 1. The number of halogens is 3. The Kier molecular flexibility index (Phi) is 5.63. The summed E-state index contributed by atoms with van der Waals surface area (Å²) in [7, 11) is 1.24. The van der Waals surface area contributed by atoms with Crippen LogP contribution in [0.5, 0.6) is 0 Å². The number of ether oxygens (including phenoxy) is 1. The maximum Gasteiger partial charge on any atom is 0.418 e. The SMILES string of the molecule is COC(=O)C1(C)CCCN1c1ccc(-n2cc(C(N)=O)c(=O)c3ccccc32)c(C(F)(F)F)c1. The third-order valence-corrected chi connectivity index (χ3v) is 6.30. The first kappa shape index (κ1) is 23.3. The summed E-state index contributed by atoms with van der Waals surface area (Å²) in [6, 6.07) is 9.75. The van der Waals surface area contributed by atoms with E-state index in [1.54, 1.807) is 24.0 Å². The van der Waals surface area contributed by atoms with Crippen molar-refractivity contribution in [3.8, 4) is 5.69 Å². The van der Waals surface area contributed by atoms with Gasteiger partial charge in [0.15, 0.2) is 0 Å². The van der Waals surface area contributed by atoms with Gasteiger partial charge in [0, 0.05) is 23.8 Å². The lowest BCUT2D eigenvalue weighted by Crippen LogP contribution is -2.49. The number of methoxy groups -OCH3 is 1. The molecule has 0 bridgehead atoms. The smallest absolute Gasteiger partial charge is 0.418 e. The zero-order chi connectivity index (χ0) is 24.8. The van der Waals surface area contributed by atoms with Gasteiger partial charge in [0.2, 0.25) is 5.43 Å². The van der Waals surface area contributed by atoms with Crippen LogP contribution in [-0.4, -0.2) is 35.6 Å². The fourth-order valence-corrected chi connectivity index (χ4v) is 4.59. The molecule has 3 aromatic rings. The number of carbonyl (C=O) groups excluding carboxylic acids is 2. The van der Waals surface area contributed by atoms with E-state index in [2.05, 4.69) is 0 Å². The highest BCUT2D eigenvalue weighted by Crippen LogP contribution is 2.41. The molecule has 1 aromatic heterocycles. The van der Waals surface area contributed by atoms with Gasteiger partial charge in [-0.15, -0.1) is 0 Å². The van der Waals surface area contributed by atoms with Gasteiger partial charge in [-0.25, -0.2) is 4.79 Å². The van der Waals surface area contributed by atoms with Crippen molar-refractivity contribution >= 4 is 28.5 Å². The average molecular weight is 473 g/mol. The first-order chi connectivity index (χ1) is 16.0. The predicted octanol–water partition coefficient (Wildman–Crippen LogP) is 3.64. The van der Waals surface area contributed by atoms with Gasteiger partial charge in [0.25, 0.3) is 5.91 Å². The summed E-state index contributed by atoms with van der Waals surface area (Å²) >= 11 is 0. The molecule has 10 heteroatoms. The van der Waals surface area contributed by atoms with E-state index in [-0.39, 0.29) is 22.3 Å². The predicted molar refractivity (Wildman–Crippen MR) is 120 cm³/mol. The number of fused-ring (bicyclic) bond motifs is 1. The Labute approximate surface area is 192 Å². The molecule has 2 heterocycles. The van der Waals surface area contributed by atoms with E-state index in [0.717, 1.165) is 16.8 Å². The molecule has 7 nitrogen and oxygen atoms in total. The number of amides is 1. The Morgan fingerprint density at radius 2 is 1.85 bits per heavy atom. The Morgan fingerprint density at radius 3 is 2.50 bits per heavy atom. The van der Waals surface area contributed by atoms with Crippen molar-refractivity contribution in [3.63, 3.8) is 0 Å². The summed E-state index contributed by atoms with van der Waals surface area (Å²) < 4.78 is 48.9. The number of rotatable bonds is 4. The lowest BCUT2D eigenvalue weighted by Gasteiger charge is -2.35. The number of nitrogens with zero attached hydrogens (tertiary/aromatic N) is 2. The van der Waals surface area contributed by atoms with Crippen LogP contribution in [0.15, 0.2) is 53.5 Å². The van der Waals surface area contributed by atoms with Gasteiger partial charge < -0.3 is 19.9 Å². The van der Waals surface area contributed by atoms with Crippen LogP contribution >= 0.6 is 0 Å². The molecule has 1 unspecified atom stereocenters. The fraction of sp³-hybridized carbons (Fsp3) is 0.292. The standard InChI is InChI=1S/C24H22F3N3O4/c1-23(22(33)34-2)10-5-11-30(23)14-8-9-19(17(12-14)24(25,26)27)29-13-16(21(28)32)20(31)15-6-3-4-7-18(15)29/h3-4,6-9,12-13H,5,10-11H2,1-2H3,(H2,28,32). The van der Waals surface area contributed by atoms with Gasteiger partial charge >= 0.3 is 12.1 Å². The van der Waals surface area contributed by atoms with Crippen molar-refractivity contribution in [3.05, 3.63) is 70.0 Å². The molecule has 0 spiro atoms. The van der Waals surface area contributed by atoms with Crippen molar-refractivity contribution in [1.82, 2.24) is 4.57 Å². The Morgan fingerprint density at radius 1 is 1.15 bits per heavy atom. The van der Waals surface area contributed by atoms with Gasteiger partial charge in [-0.2, -0.15) is 13.2 Å². The van der Waals surface area contributed by atoms with E-state index in [1.165, 1.54) is 31.4 Å². The molecule has 1 aliphatic rings. The van der Waals surface area contributed by atoms with Gasteiger partial charge in [-0.1, -0.05) is 12.1 Å². The van der Waals surface area contributed by atoms with E-state index < -0.39 is 40.1 Å². The maximum absolute atomic E-state index is 14.3. The maximum atomic E-state index is 14.3. The second-order valence-electron chi connectivity index (χ2n) is 8.34. The van der Waals surface area contributed by atoms with E-state index in [4.69, 9.17) is 10.5 Å². The molecule has 1 fully saturated rings. The molecule has 0 aliphatic carbocycles. The number of pyridine rings is 1. The van der Waals surface area contributed by atoms with Crippen molar-refractivity contribution in [1.29, 1.82) is 0 Å². The number of benzene rings is 2. The van der Waals surface area contributed by atoms with E-state index >= 15 is 0 Å². The average Bonchev–Trinajstić information content (AvgIpc) is 3.20. The third kappa shape index (κ3) is 3.68. The summed E-state index contributed by atoms with van der Waals surface area (Å²) in [5.41, 5.74) is 2.28. The summed E-state index contributed by atoms with van der Waals surface area (Å²) in [6.07, 6.45) is -2.69. The zero-order valence-electron chi connectivity index (χ0n) is 18.5. The number of anilines is 1. The molecule has 4 rings (SSSR count). The lowest BCUT2D eigenvalue weighted by atomic mass is 9.98. The Bertz CT molecular complexity index is 1370. The molecular weight excluding hydrogens is 451 g/mol. The van der Waals surface area contributed by atoms with Crippen LogP contribution < -0.4 is 16.1 Å². The molecule has 1 amide bonds. The highest BCUT2D eigenvalue weighted by atomic mass is 19.4. The number of hydrogen-bond acceptors (Lipinski definition) is 5. The summed E-state index contributed by atoms with van der Waals surface area (Å²) in [5, 5.41) is 0.0637. The second kappa shape index (κ2) is 8.19. The van der Waals surface area contributed by atoms with Crippen LogP contribution in [0.25, 0.3) is 16.6 Å². The van der Waals surface area contributed by atoms with Gasteiger partial charge in [0.1, 0.15) is 11.1 Å². The normalized spacial score (nSPS) is 18.3. The minimum Gasteiger partial charge on any atom is -0.467 e. The van der Waals surface area contributed by atoms with Crippen molar-refractivity contribution in [2.24, 2.45) is 5.73 Å². The molecule has 1 atom stereocenters. The highest BCUT2D eigenvalue weighted by Gasteiger charge is 2.45. The largest absolute Gasteiger partial charge is 0.467 e. The highest BCUT2D eigenvalue weighted by molar-refractivity contribution is 5.96. The molecule has 2 N–H and O–H groups in total. The summed E-state index contributed by atoms with van der Waals surface area (Å²) in [6.45, 7) is 2.02. The minimum atomic E-state index is -4.77. The number of para-hydroxylation sites is 1. The minimum absolute atomic E-state index is 0.0637. The molecule has 1 saturated heterocycles. The Hall–Kier alpha value is -3.82. The third-order valence-electron chi connectivity index (χ3n) is 6.30. The first-order valence-corrected chi connectivity index (χ1v) is 10.5. The van der Waals surface area contributed by atoms with Crippen molar-refractivity contribution in [2.45, 2.75) is 31.5 Å². The number of aromatic nitrogens is 1. The molecule has 2 aromatic carbocycles. The van der Waals surface area contributed by atoms with Crippen LogP contribution in [0.1, 0.15) is 35.7 Å². The van der Waals surface area contributed by atoms with Crippen LogP contribution in [0.3, 0.4) is 0 Å².